The molecular weight excluding hydrogens is 236 g/mol. The minimum absolute atomic E-state index is 0.107. The zero-order valence-electron chi connectivity index (χ0n) is 10.8. The minimum atomic E-state index is -0.846. The van der Waals surface area contributed by atoms with Crippen LogP contribution >= 0.6 is 12.2 Å². The summed E-state index contributed by atoms with van der Waals surface area (Å²) in [6.45, 7) is 3.45. The Balaban J connectivity index is 2.78. The number of aliphatic hydroxyl groups is 1. The van der Waals surface area contributed by atoms with Crippen molar-refractivity contribution in [2.75, 3.05) is 7.05 Å². The first kappa shape index (κ1) is 14.4. The predicted octanol–water partition coefficient (Wildman–Crippen LogP) is 1.06. The van der Waals surface area contributed by atoms with E-state index in [1.807, 2.05) is 0 Å². The Kier molecular flexibility index (Phi) is 4.49. The largest absolute Gasteiger partial charge is 0.392 e. The molecule has 0 aromatic rings. The Hall–Kier alpha value is -0.680. The number of amides is 1. The number of nitrogens with zero attached hydrogens (tertiary/aromatic N) is 1. The summed E-state index contributed by atoms with van der Waals surface area (Å²) < 4.78 is 0. The molecule has 0 aromatic heterocycles. The van der Waals surface area contributed by atoms with Crippen LogP contribution in [-0.2, 0) is 4.79 Å². The molecule has 98 valence electrons. The molecule has 17 heavy (non-hydrogen) atoms. The van der Waals surface area contributed by atoms with E-state index < -0.39 is 11.5 Å². The van der Waals surface area contributed by atoms with Gasteiger partial charge in [0.1, 0.15) is 0 Å². The van der Waals surface area contributed by atoms with Crippen molar-refractivity contribution < 1.29 is 9.90 Å². The molecule has 0 spiro atoms. The van der Waals surface area contributed by atoms with Gasteiger partial charge in [0.15, 0.2) is 0 Å². The van der Waals surface area contributed by atoms with Gasteiger partial charge in [-0.2, -0.15) is 0 Å². The predicted molar refractivity (Wildman–Crippen MR) is 71.6 cm³/mol. The highest BCUT2D eigenvalue weighted by atomic mass is 32.1. The number of thiocarbonyl (C=S) groups is 1. The molecule has 0 aliphatic heterocycles. The van der Waals surface area contributed by atoms with E-state index in [0.717, 1.165) is 25.7 Å². The number of hydrogen-bond donors (Lipinski definition) is 2. The zero-order chi connectivity index (χ0) is 13.2. The molecule has 1 rings (SSSR count). The monoisotopic (exact) mass is 258 g/mol. The Morgan fingerprint density at radius 1 is 1.41 bits per heavy atom. The molecule has 0 heterocycles. The topological polar surface area (TPSA) is 66.6 Å². The minimum Gasteiger partial charge on any atom is -0.392 e. The fourth-order valence-electron chi connectivity index (χ4n) is 2.24. The van der Waals surface area contributed by atoms with Crippen molar-refractivity contribution >= 4 is 23.1 Å². The van der Waals surface area contributed by atoms with Crippen molar-refractivity contribution in [1.29, 1.82) is 0 Å². The van der Waals surface area contributed by atoms with E-state index >= 15 is 0 Å². The first-order valence-corrected chi connectivity index (χ1v) is 6.44. The van der Waals surface area contributed by atoms with E-state index in [4.69, 9.17) is 18.0 Å². The fraction of sp³-hybridized carbons (Fsp3) is 0.833. The molecular formula is C12H22N2O2S. The number of aliphatic hydroxyl groups excluding tert-OH is 1. The summed E-state index contributed by atoms with van der Waals surface area (Å²) >= 11 is 4.93. The second-order valence-corrected chi connectivity index (χ2v) is 5.76. The van der Waals surface area contributed by atoms with Crippen LogP contribution in [0.15, 0.2) is 0 Å². The third kappa shape index (κ3) is 2.96. The van der Waals surface area contributed by atoms with Crippen LogP contribution in [0.5, 0.6) is 0 Å². The summed E-state index contributed by atoms with van der Waals surface area (Å²) in [7, 11) is 1.72. The molecule has 5 heteroatoms. The van der Waals surface area contributed by atoms with Gasteiger partial charge in [0.2, 0.25) is 5.91 Å². The van der Waals surface area contributed by atoms with Crippen LogP contribution in [0.2, 0.25) is 0 Å². The molecule has 1 fully saturated rings. The van der Waals surface area contributed by atoms with Crippen molar-refractivity contribution in [3.8, 4) is 0 Å². The van der Waals surface area contributed by atoms with Crippen molar-refractivity contribution in [2.45, 2.75) is 51.7 Å². The van der Waals surface area contributed by atoms with Crippen LogP contribution in [0.1, 0.15) is 39.5 Å². The lowest BCUT2D eigenvalue weighted by Gasteiger charge is -2.38. The summed E-state index contributed by atoms with van der Waals surface area (Å²) in [5.74, 6) is -0.115. The van der Waals surface area contributed by atoms with E-state index in [2.05, 4.69) is 0 Å². The molecule has 0 saturated heterocycles. The van der Waals surface area contributed by atoms with E-state index in [-0.39, 0.29) is 16.9 Å². The first-order chi connectivity index (χ1) is 7.78. The quantitative estimate of drug-likeness (QED) is 0.743. The van der Waals surface area contributed by atoms with Crippen molar-refractivity contribution in [3.05, 3.63) is 0 Å². The van der Waals surface area contributed by atoms with E-state index in [1.54, 1.807) is 25.8 Å². The molecule has 0 radical (unpaired) electrons. The van der Waals surface area contributed by atoms with Gasteiger partial charge < -0.3 is 15.7 Å². The lowest BCUT2D eigenvalue weighted by Crippen LogP contribution is -2.53. The van der Waals surface area contributed by atoms with Crippen LogP contribution in [0.4, 0.5) is 0 Å². The van der Waals surface area contributed by atoms with Crippen molar-refractivity contribution in [3.63, 3.8) is 0 Å². The number of carbonyl (C=O) groups excluding carboxylic acids is 1. The number of rotatable bonds is 3. The number of nitrogens with two attached hydrogens (primary N) is 1. The molecule has 1 amide bonds. The van der Waals surface area contributed by atoms with Crippen molar-refractivity contribution in [1.82, 2.24) is 4.90 Å². The van der Waals surface area contributed by atoms with E-state index in [1.165, 1.54) is 0 Å². The van der Waals surface area contributed by atoms with Crippen LogP contribution in [-0.4, -0.2) is 40.1 Å². The standard InChI is InChI=1S/C12H22N2O2S/c1-12(2,10(13)17)11(16)14(3)8-6-4-5-7-9(8)15/h8-9,15H,4-7H2,1-3H3,(H2,13,17). The Labute approximate surface area is 108 Å². The summed E-state index contributed by atoms with van der Waals surface area (Å²) in [5.41, 5.74) is 4.75. The van der Waals surface area contributed by atoms with Gasteiger partial charge in [0.25, 0.3) is 0 Å². The molecule has 4 nitrogen and oxygen atoms in total. The van der Waals surface area contributed by atoms with Crippen LogP contribution in [0.25, 0.3) is 0 Å². The highest BCUT2D eigenvalue weighted by molar-refractivity contribution is 7.80. The normalized spacial score (nSPS) is 25.4. The molecule has 2 unspecified atom stereocenters. The molecule has 1 aliphatic rings. The maximum absolute atomic E-state index is 12.3. The van der Waals surface area contributed by atoms with Crippen LogP contribution in [0, 0.1) is 5.41 Å². The molecule has 0 bridgehead atoms. The number of carbonyl (C=O) groups is 1. The lowest BCUT2D eigenvalue weighted by atomic mass is 9.87. The highest BCUT2D eigenvalue weighted by Crippen LogP contribution is 2.26. The zero-order valence-corrected chi connectivity index (χ0v) is 11.6. The Bertz CT molecular complexity index is 318. The molecule has 0 aromatic carbocycles. The highest BCUT2D eigenvalue weighted by Gasteiger charge is 2.38. The lowest BCUT2D eigenvalue weighted by molar-refractivity contribution is -0.141. The molecule has 1 aliphatic carbocycles. The average molecular weight is 258 g/mol. The third-order valence-electron chi connectivity index (χ3n) is 3.66. The van der Waals surface area contributed by atoms with Gasteiger partial charge in [-0.05, 0) is 26.7 Å². The first-order valence-electron chi connectivity index (χ1n) is 6.03. The molecule has 3 N–H and O–H groups in total. The SMILES string of the molecule is CN(C(=O)C(C)(C)C(N)=S)C1CCCCC1O. The smallest absolute Gasteiger partial charge is 0.235 e. The molecule has 2 atom stereocenters. The van der Waals surface area contributed by atoms with Crippen LogP contribution < -0.4 is 5.73 Å². The second kappa shape index (κ2) is 5.31. The van der Waals surface area contributed by atoms with Crippen LogP contribution in [0.3, 0.4) is 0 Å². The van der Waals surface area contributed by atoms with Gasteiger partial charge in [0, 0.05) is 7.05 Å². The fourth-order valence-corrected chi connectivity index (χ4v) is 2.33. The summed E-state index contributed by atoms with van der Waals surface area (Å²) in [6, 6.07) is -0.107. The Morgan fingerprint density at radius 2 is 1.94 bits per heavy atom. The summed E-state index contributed by atoms with van der Waals surface area (Å²) in [4.78, 5) is 14.1. The average Bonchev–Trinajstić information content (AvgIpc) is 2.27. The van der Waals surface area contributed by atoms with Crippen molar-refractivity contribution in [2.24, 2.45) is 11.1 Å². The second-order valence-electron chi connectivity index (χ2n) is 5.32. The third-order valence-corrected chi connectivity index (χ3v) is 4.17. The number of hydrogen-bond acceptors (Lipinski definition) is 3. The van der Waals surface area contributed by atoms with Gasteiger partial charge in [-0.15, -0.1) is 0 Å². The van der Waals surface area contributed by atoms with Gasteiger partial charge in [-0.25, -0.2) is 0 Å². The van der Waals surface area contributed by atoms with Gasteiger partial charge >= 0.3 is 0 Å². The maximum atomic E-state index is 12.3. The number of likely N-dealkylation sites (N-methyl/N-ethyl adjacent to an activating group) is 1. The molecule has 1 saturated carbocycles. The van der Waals surface area contributed by atoms with Gasteiger partial charge in [-0.1, -0.05) is 25.1 Å². The summed E-state index contributed by atoms with van der Waals surface area (Å²) in [5, 5.41) is 9.93. The van der Waals surface area contributed by atoms with E-state index in [0.29, 0.717) is 0 Å². The summed E-state index contributed by atoms with van der Waals surface area (Å²) in [6.07, 6.45) is 3.25. The Morgan fingerprint density at radius 3 is 2.41 bits per heavy atom. The van der Waals surface area contributed by atoms with Gasteiger partial charge in [-0.3, -0.25) is 4.79 Å². The maximum Gasteiger partial charge on any atom is 0.235 e. The van der Waals surface area contributed by atoms with Gasteiger partial charge in [0.05, 0.1) is 22.5 Å². The van der Waals surface area contributed by atoms with E-state index in [9.17, 15) is 9.90 Å².